The van der Waals surface area contributed by atoms with Crippen LogP contribution in [0.15, 0.2) is 84.9 Å². The summed E-state index contributed by atoms with van der Waals surface area (Å²) in [5.74, 6) is 6.48. The van der Waals surface area contributed by atoms with Crippen molar-refractivity contribution in [1.82, 2.24) is 0 Å². The Kier molecular flexibility index (Phi) is 10.2. The van der Waals surface area contributed by atoms with Gasteiger partial charge in [-0.05, 0) is 184 Å². The van der Waals surface area contributed by atoms with Gasteiger partial charge in [0, 0.05) is 23.5 Å². The third-order valence-electron chi connectivity index (χ3n) is 16.0. The molecule has 0 radical (unpaired) electrons. The molecule has 0 aromatic heterocycles. The minimum Gasteiger partial charge on any atom is -0.507 e. The molecule has 2 nitrogen and oxygen atoms in total. The molecular weight excluding hydrogens is 719 g/mol. The molecule has 12 rings (SSSR count). The first kappa shape index (κ1) is 37.6. The third-order valence-corrected chi connectivity index (χ3v) is 21.2. The molecule has 4 heteroatoms. The van der Waals surface area contributed by atoms with Crippen LogP contribution in [0.5, 0.6) is 11.5 Å². The standard InChI is InChI=1S/C52H64O2P2/c1-35-17-43(49(53)47(19-35)51-27-37-21-38(28-51)23-39(22-37)29-51)33-55(45-11-5-3-6-12-45)15-9-10-16-56(46-13-7-4-8-14-46)34-44-18-36(2)20-48(50(44)54)52-30-40-24-41(31-52)26-42(25-40)32-52/h3-8,11-14,17-20,37-42,53-54H,9-10,15-16,21-34H2,1-2H3/t37?,38?,39?,40?,41?,42?,51?,52?,55-,56-/m1/s1. The lowest BCUT2D eigenvalue weighted by atomic mass is 9.48. The van der Waals surface area contributed by atoms with Crippen LogP contribution >= 0.6 is 15.8 Å². The molecular formula is C52H64O2P2. The molecule has 2 N–H and O–H groups in total. The summed E-state index contributed by atoms with van der Waals surface area (Å²) in [5, 5.41) is 27.3. The number of aryl methyl sites for hydroxylation is 2. The predicted molar refractivity (Wildman–Crippen MR) is 238 cm³/mol. The van der Waals surface area contributed by atoms with Crippen molar-refractivity contribution in [1.29, 1.82) is 0 Å². The largest absolute Gasteiger partial charge is 0.507 e. The molecule has 0 unspecified atom stereocenters. The molecule has 56 heavy (non-hydrogen) atoms. The van der Waals surface area contributed by atoms with E-state index in [1.165, 1.54) is 146 Å². The minimum absolute atomic E-state index is 0.200. The number of rotatable bonds is 13. The highest BCUT2D eigenvalue weighted by atomic mass is 31.1. The quantitative estimate of drug-likeness (QED) is 0.105. The Morgan fingerprint density at radius 3 is 1.12 bits per heavy atom. The SMILES string of the molecule is Cc1cc(C[P@@](CCCC[P@](Cc2cc(C)cc(C34CC5CC(CC(C5)C3)C4)c2O)c2ccccc2)c2ccccc2)c(O)c(C23CC4CC(CC(C4)C2)C3)c1. The number of phenols is 2. The number of aromatic hydroxyl groups is 2. The smallest absolute Gasteiger partial charge is 0.122 e. The van der Waals surface area contributed by atoms with Crippen molar-refractivity contribution in [3.8, 4) is 11.5 Å². The Morgan fingerprint density at radius 1 is 0.482 bits per heavy atom. The molecule has 8 aliphatic rings. The van der Waals surface area contributed by atoms with Crippen molar-refractivity contribution in [3.63, 3.8) is 0 Å². The molecule has 0 aliphatic heterocycles. The van der Waals surface area contributed by atoms with Gasteiger partial charge in [-0.2, -0.15) is 0 Å². The Morgan fingerprint density at radius 2 is 0.804 bits per heavy atom. The van der Waals surface area contributed by atoms with Crippen LogP contribution in [-0.2, 0) is 23.2 Å². The highest BCUT2D eigenvalue weighted by Crippen LogP contribution is 2.64. The summed E-state index contributed by atoms with van der Waals surface area (Å²) in [5.41, 5.74) is 8.04. The fraction of sp³-hybridized carbons (Fsp3) is 0.538. The second kappa shape index (κ2) is 15.2. The van der Waals surface area contributed by atoms with Crippen molar-refractivity contribution in [2.75, 3.05) is 12.3 Å². The summed E-state index contributed by atoms with van der Waals surface area (Å²) >= 11 is 0. The van der Waals surface area contributed by atoms with Gasteiger partial charge in [-0.25, -0.2) is 0 Å². The summed E-state index contributed by atoms with van der Waals surface area (Å²) in [4.78, 5) is 0. The molecule has 0 heterocycles. The Labute approximate surface area is 339 Å². The maximum atomic E-state index is 12.2. The van der Waals surface area contributed by atoms with Gasteiger partial charge >= 0.3 is 0 Å². The zero-order chi connectivity index (χ0) is 38.0. The monoisotopic (exact) mass is 782 g/mol. The fourth-order valence-electron chi connectivity index (χ4n) is 14.5. The third kappa shape index (κ3) is 7.21. The summed E-state index contributed by atoms with van der Waals surface area (Å²) in [6.45, 7) is 4.53. The van der Waals surface area contributed by atoms with Crippen LogP contribution in [0.3, 0.4) is 0 Å². The minimum atomic E-state index is -0.460. The number of unbranched alkanes of at least 4 members (excludes halogenated alkanes) is 1. The van der Waals surface area contributed by atoms with E-state index in [1.54, 1.807) is 0 Å². The van der Waals surface area contributed by atoms with Crippen LogP contribution in [0.4, 0.5) is 0 Å². The normalized spacial score (nSPS) is 32.2. The first-order valence-electron chi connectivity index (χ1n) is 22.5. The number of benzene rings is 4. The van der Waals surface area contributed by atoms with Crippen LogP contribution in [0.25, 0.3) is 0 Å². The van der Waals surface area contributed by atoms with E-state index in [0.717, 1.165) is 47.8 Å². The van der Waals surface area contributed by atoms with E-state index in [4.69, 9.17) is 0 Å². The highest BCUT2D eigenvalue weighted by Gasteiger charge is 2.54. The van der Waals surface area contributed by atoms with E-state index in [1.807, 2.05) is 0 Å². The Hall–Kier alpha value is -2.66. The molecule has 0 saturated heterocycles. The maximum Gasteiger partial charge on any atom is 0.122 e. The molecule has 8 saturated carbocycles. The topological polar surface area (TPSA) is 40.5 Å². The van der Waals surface area contributed by atoms with E-state index >= 15 is 0 Å². The van der Waals surface area contributed by atoms with Gasteiger partial charge in [0.2, 0.25) is 0 Å². The van der Waals surface area contributed by atoms with Crippen LogP contribution < -0.4 is 10.6 Å². The zero-order valence-electron chi connectivity index (χ0n) is 34.1. The van der Waals surface area contributed by atoms with Crippen LogP contribution in [0.1, 0.15) is 123 Å². The lowest BCUT2D eigenvalue weighted by molar-refractivity contribution is -0.00634. The average Bonchev–Trinajstić information content (AvgIpc) is 3.17. The van der Waals surface area contributed by atoms with Gasteiger partial charge in [0.1, 0.15) is 11.5 Å². The van der Waals surface area contributed by atoms with Gasteiger partial charge < -0.3 is 10.2 Å². The molecule has 4 aromatic carbocycles. The molecule has 294 valence electrons. The van der Waals surface area contributed by atoms with Gasteiger partial charge in [0.05, 0.1) is 0 Å². The Bertz CT molecular complexity index is 1820. The lowest BCUT2D eigenvalue weighted by Gasteiger charge is -2.57. The van der Waals surface area contributed by atoms with Crippen molar-refractivity contribution in [2.24, 2.45) is 35.5 Å². The average molecular weight is 783 g/mol. The van der Waals surface area contributed by atoms with Crippen molar-refractivity contribution in [2.45, 2.75) is 127 Å². The van der Waals surface area contributed by atoms with Crippen molar-refractivity contribution in [3.05, 3.63) is 118 Å². The van der Waals surface area contributed by atoms with Crippen LogP contribution in [0, 0.1) is 49.4 Å². The van der Waals surface area contributed by atoms with Crippen molar-refractivity contribution < 1.29 is 10.2 Å². The summed E-state index contributed by atoms with van der Waals surface area (Å²) in [6.07, 6.45) is 23.0. The van der Waals surface area contributed by atoms with Gasteiger partial charge in [-0.1, -0.05) is 112 Å². The molecule has 4 aromatic rings. The second-order valence-electron chi connectivity index (χ2n) is 20.3. The number of hydrogen-bond acceptors (Lipinski definition) is 2. The zero-order valence-corrected chi connectivity index (χ0v) is 35.9. The first-order valence-corrected chi connectivity index (χ1v) is 25.9. The van der Waals surface area contributed by atoms with E-state index in [9.17, 15) is 10.2 Å². The second-order valence-corrected chi connectivity index (χ2v) is 25.0. The molecule has 2 atom stereocenters. The maximum absolute atomic E-state index is 12.2. The summed E-state index contributed by atoms with van der Waals surface area (Å²) in [7, 11) is -0.920. The van der Waals surface area contributed by atoms with Gasteiger partial charge in [-0.15, -0.1) is 0 Å². The lowest BCUT2D eigenvalue weighted by Crippen LogP contribution is -2.48. The summed E-state index contributed by atoms with van der Waals surface area (Å²) in [6, 6.07) is 31.9. The van der Waals surface area contributed by atoms with Crippen LogP contribution in [0.2, 0.25) is 0 Å². The van der Waals surface area contributed by atoms with E-state index in [0.29, 0.717) is 11.5 Å². The van der Waals surface area contributed by atoms with Gasteiger partial charge in [-0.3, -0.25) is 0 Å². The Balaban J connectivity index is 0.871. The number of phenolic OH excluding ortho intramolecular Hbond substituents is 2. The van der Waals surface area contributed by atoms with E-state index in [2.05, 4.69) is 98.8 Å². The fourth-order valence-corrected chi connectivity index (χ4v) is 19.4. The number of hydrogen-bond donors (Lipinski definition) is 2. The first-order chi connectivity index (χ1) is 27.2. The summed E-state index contributed by atoms with van der Waals surface area (Å²) < 4.78 is 0. The van der Waals surface area contributed by atoms with Gasteiger partial charge in [0.25, 0.3) is 0 Å². The molecule has 0 spiro atoms. The highest BCUT2D eigenvalue weighted by molar-refractivity contribution is 7.65. The predicted octanol–water partition coefficient (Wildman–Crippen LogP) is 12.7. The van der Waals surface area contributed by atoms with Crippen molar-refractivity contribution >= 4 is 26.5 Å². The molecule has 0 amide bonds. The molecule has 8 aliphatic carbocycles. The van der Waals surface area contributed by atoms with Crippen LogP contribution in [-0.4, -0.2) is 22.5 Å². The van der Waals surface area contributed by atoms with E-state index < -0.39 is 15.8 Å². The van der Waals surface area contributed by atoms with Gasteiger partial charge in [0.15, 0.2) is 0 Å². The molecule has 8 bridgehead atoms. The van der Waals surface area contributed by atoms with E-state index in [-0.39, 0.29) is 10.8 Å². The molecule has 8 fully saturated rings.